The zero-order chi connectivity index (χ0) is 12.0. The third-order valence-corrected chi connectivity index (χ3v) is 2.63. The number of nitrogen functional groups attached to an aromatic ring is 1. The number of nitrogens with two attached hydrogens (primary N) is 1. The van der Waals surface area contributed by atoms with Gasteiger partial charge in [-0.25, -0.2) is 0 Å². The van der Waals surface area contributed by atoms with Gasteiger partial charge in [0.25, 0.3) is 0 Å². The Morgan fingerprint density at radius 2 is 2.06 bits per heavy atom. The smallest absolute Gasteiger partial charge is 0.222 e. The van der Waals surface area contributed by atoms with Gasteiger partial charge in [0.1, 0.15) is 0 Å². The van der Waals surface area contributed by atoms with Crippen LogP contribution in [0.2, 0.25) is 0 Å². The molecular weight excluding hydrogens is 200 g/mol. The van der Waals surface area contributed by atoms with Gasteiger partial charge in [-0.2, -0.15) is 0 Å². The first kappa shape index (κ1) is 12.6. The number of hydrogen-bond donors (Lipinski definition) is 1. The molecule has 0 aliphatic heterocycles. The van der Waals surface area contributed by atoms with Crippen LogP contribution in [0.1, 0.15) is 31.7 Å². The van der Waals surface area contributed by atoms with E-state index < -0.39 is 0 Å². The molecule has 88 valence electrons. The fourth-order valence-corrected chi connectivity index (χ4v) is 1.54. The molecule has 3 nitrogen and oxygen atoms in total. The quantitative estimate of drug-likeness (QED) is 0.775. The Hall–Kier alpha value is -1.51. The van der Waals surface area contributed by atoms with E-state index in [9.17, 15) is 4.79 Å². The summed E-state index contributed by atoms with van der Waals surface area (Å²) in [6, 6.07) is 7.66. The molecule has 0 saturated heterocycles. The molecule has 0 saturated carbocycles. The van der Waals surface area contributed by atoms with Gasteiger partial charge in [0.2, 0.25) is 5.91 Å². The van der Waals surface area contributed by atoms with Crippen LogP contribution in [0.15, 0.2) is 24.3 Å². The largest absolute Gasteiger partial charge is 0.398 e. The number of rotatable bonds is 5. The Labute approximate surface area is 97.2 Å². The number of amides is 1. The topological polar surface area (TPSA) is 46.3 Å². The van der Waals surface area contributed by atoms with Crippen LogP contribution in [0.25, 0.3) is 0 Å². The summed E-state index contributed by atoms with van der Waals surface area (Å²) < 4.78 is 0. The van der Waals surface area contributed by atoms with Gasteiger partial charge in [0, 0.05) is 25.7 Å². The molecule has 0 heterocycles. The molecule has 0 radical (unpaired) electrons. The molecule has 1 aromatic rings. The summed E-state index contributed by atoms with van der Waals surface area (Å²) in [6.07, 6.45) is 2.63. The number of hydrogen-bond acceptors (Lipinski definition) is 2. The Bertz CT molecular complexity index is 350. The van der Waals surface area contributed by atoms with Gasteiger partial charge in [-0.1, -0.05) is 31.5 Å². The van der Waals surface area contributed by atoms with Crippen LogP contribution in [-0.4, -0.2) is 17.9 Å². The second-order valence-electron chi connectivity index (χ2n) is 4.05. The van der Waals surface area contributed by atoms with Crippen LogP contribution in [0.5, 0.6) is 0 Å². The molecule has 0 aliphatic carbocycles. The van der Waals surface area contributed by atoms with E-state index in [1.807, 2.05) is 31.3 Å². The third kappa shape index (κ3) is 3.57. The summed E-state index contributed by atoms with van der Waals surface area (Å²) in [5.74, 6) is 0.185. The third-order valence-electron chi connectivity index (χ3n) is 2.63. The highest BCUT2D eigenvalue weighted by Gasteiger charge is 2.09. The molecule has 1 amide bonds. The van der Waals surface area contributed by atoms with Gasteiger partial charge in [-0.05, 0) is 18.1 Å². The van der Waals surface area contributed by atoms with Crippen LogP contribution < -0.4 is 5.73 Å². The van der Waals surface area contributed by atoms with Gasteiger partial charge >= 0.3 is 0 Å². The van der Waals surface area contributed by atoms with Crippen molar-refractivity contribution in [2.75, 3.05) is 12.8 Å². The molecule has 1 aromatic carbocycles. The monoisotopic (exact) mass is 220 g/mol. The molecular formula is C13H20N2O. The molecule has 0 unspecified atom stereocenters. The van der Waals surface area contributed by atoms with Crippen LogP contribution in [0.3, 0.4) is 0 Å². The number of carbonyl (C=O) groups is 1. The van der Waals surface area contributed by atoms with Gasteiger partial charge in [0.05, 0.1) is 0 Å². The normalized spacial score (nSPS) is 10.1. The number of unbranched alkanes of at least 4 members (excludes halogenated alkanes) is 1. The van der Waals surface area contributed by atoms with Crippen molar-refractivity contribution in [3.8, 4) is 0 Å². The Morgan fingerprint density at radius 3 is 2.69 bits per heavy atom. The predicted molar refractivity (Wildman–Crippen MR) is 66.9 cm³/mol. The van der Waals surface area contributed by atoms with Crippen molar-refractivity contribution in [2.45, 2.75) is 32.7 Å². The first-order valence-electron chi connectivity index (χ1n) is 5.72. The summed E-state index contributed by atoms with van der Waals surface area (Å²) in [7, 11) is 1.82. The minimum absolute atomic E-state index is 0.185. The van der Waals surface area contributed by atoms with Crippen molar-refractivity contribution in [1.29, 1.82) is 0 Å². The fourth-order valence-electron chi connectivity index (χ4n) is 1.54. The first-order valence-corrected chi connectivity index (χ1v) is 5.72. The lowest BCUT2D eigenvalue weighted by molar-refractivity contribution is -0.130. The molecule has 2 N–H and O–H groups in total. The molecule has 0 bridgehead atoms. The average Bonchev–Trinajstić information content (AvgIpc) is 2.28. The number of nitrogens with zero attached hydrogens (tertiary/aromatic N) is 1. The lowest BCUT2D eigenvalue weighted by Crippen LogP contribution is -2.26. The summed E-state index contributed by atoms with van der Waals surface area (Å²) in [4.78, 5) is 13.4. The van der Waals surface area contributed by atoms with Gasteiger partial charge in [-0.3, -0.25) is 4.79 Å². The minimum Gasteiger partial charge on any atom is -0.398 e. The zero-order valence-corrected chi connectivity index (χ0v) is 10.1. The Balaban J connectivity index is 2.54. The van der Waals surface area contributed by atoms with E-state index in [0.29, 0.717) is 13.0 Å². The van der Waals surface area contributed by atoms with Crippen LogP contribution in [-0.2, 0) is 11.3 Å². The number of carbonyl (C=O) groups excluding carboxylic acids is 1. The summed E-state index contributed by atoms with van der Waals surface area (Å²) in [5.41, 5.74) is 7.59. The van der Waals surface area contributed by atoms with Crippen molar-refractivity contribution in [3.63, 3.8) is 0 Å². The van der Waals surface area contributed by atoms with Crippen molar-refractivity contribution >= 4 is 11.6 Å². The van der Waals surface area contributed by atoms with Crippen molar-refractivity contribution in [2.24, 2.45) is 0 Å². The molecule has 16 heavy (non-hydrogen) atoms. The second kappa shape index (κ2) is 6.16. The maximum atomic E-state index is 11.7. The zero-order valence-electron chi connectivity index (χ0n) is 10.1. The van der Waals surface area contributed by atoms with Gasteiger partial charge in [0.15, 0.2) is 0 Å². The van der Waals surface area contributed by atoms with Crippen LogP contribution in [0.4, 0.5) is 5.69 Å². The Morgan fingerprint density at radius 1 is 1.38 bits per heavy atom. The highest BCUT2D eigenvalue weighted by Crippen LogP contribution is 2.13. The van der Waals surface area contributed by atoms with Gasteiger partial charge in [-0.15, -0.1) is 0 Å². The van der Waals surface area contributed by atoms with Crippen molar-refractivity contribution < 1.29 is 4.79 Å². The number of anilines is 1. The highest BCUT2D eigenvalue weighted by molar-refractivity contribution is 5.76. The van der Waals surface area contributed by atoms with E-state index in [0.717, 1.165) is 24.1 Å². The van der Waals surface area contributed by atoms with E-state index in [2.05, 4.69) is 6.92 Å². The number of para-hydroxylation sites is 1. The molecule has 0 fully saturated rings. The second-order valence-corrected chi connectivity index (χ2v) is 4.05. The van der Waals surface area contributed by atoms with Crippen molar-refractivity contribution in [3.05, 3.63) is 29.8 Å². The van der Waals surface area contributed by atoms with Crippen LogP contribution in [0, 0.1) is 0 Å². The van der Waals surface area contributed by atoms with Gasteiger partial charge < -0.3 is 10.6 Å². The van der Waals surface area contributed by atoms with E-state index in [1.54, 1.807) is 4.90 Å². The molecule has 0 spiro atoms. The molecule has 0 aliphatic rings. The molecule has 0 atom stereocenters. The van der Waals surface area contributed by atoms with Crippen LogP contribution >= 0.6 is 0 Å². The first-order chi connectivity index (χ1) is 7.65. The van der Waals surface area contributed by atoms with E-state index >= 15 is 0 Å². The van der Waals surface area contributed by atoms with E-state index in [4.69, 9.17) is 5.73 Å². The summed E-state index contributed by atoms with van der Waals surface area (Å²) in [6.45, 7) is 2.68. The minimum atomic E-state index is 0.185. The molecule has 3 heteroatoms. The molecule has 1 rings (SSSR count). The maximum Gasteiger partial charge on any atom is 0.222 e. The average molecular weight is 220 g/mol. The standard InChI is InChI=1S/C13H20N2O/c1-3-4-9-13(16)15(2)10-11-7-5-6-8-12(11)14/h5-8H,3-4,9-10,14H2,1-2H3. The van der Waals surface area contributed by atoms with Crippen molar-refractivity contribution in [1.82, 2.24) is 4.90 Å². The highest BCUT2D eigenvalue weighted by atomic mass is 16.2. The lowest BCUT2D eigenvalue weighted by Gasteiger charge is -2.18. The lowest BCUT2D eigenvalue weighted by atomic mass is 10.1. The predicted octanol–water partition coefficient (Wildman–Crippen LogP) is 2.42. The summed E-state index contributed by atoms with van der Waals surface area (Å²) in [5, 5.41) is 0. The summed E-state index contributed by atoms with van der Waals surface area (Å²) >= 11 is 0. The number of benzene rings is 1. The maximum absolute atomic E-state index is 11.7. The Kier molecular flexibility index (Phi) is 4.83. The SMILES string of the molecule is CCCCC(=O)N(C)Cc1ccccc1N. The van der Waals surface area contributed by atoms with E-state index in [-0.39, 0.29) is 5.91 Å². The molecule has 0 aromatic heterocycles. The van der Waals surface area contributed by atoms with E-state index in [1.165, 1.54) is 0 Å². The fraction of sp³-hybridized carbons (Fsp3) is 0.462.